The van der Waals surface area contributed by atoms with Crippen LogP contribution in [0, 0.1) is 0 Å². The molecule has 0 aliphatic carbocycles. The lowest BCUT2D eigenvalue weighted by atomic mass is 9.89. The standard InChI is InChI=1S/C28H26Cl4N4OS/c1-37-26-5-3-2-4-22(26)18-10-12-35(13-11-18)16-27-33-34-28(36(27)25-9-8-21(30)15-24(25)32)38-17-19-6-7-20(29)14-23(19)31/h2-9,14-15,18H,10-13,16-17H2,1H3. The van der Waals surface area contributed by atoms with Crippen LogP contribution in [0.2, 0.25) is 20.1 Å². The van der Waals surface area contributed by atoms with Crippen LogP contribution in [0.25, 0.3) is 5.69 Å². The zero-order chi connectivity index (χ0) is 26.6. The van der Waals surface area contributed by atoms with Crippen molar-refractivity contribution in [3.8, 4) is 11.4 Å². The minimum absolute atomic E-state index is 0.473. The maximum Gasteiger partial charge on any atom is 0.196 e. The van der Waals surface area contributed by atoms with E-state index >= 15 is 0 Å². The summed E-state index contributed by atoms with van der Waals surface area (Å²) >= 11 is 26.9. The zero-order valence-corrected chi connectivity index (χ0v) is 24.6. The van der Waals surface area contributed by atoms with Gasteiger partial charge in [-0.3, -0.25) is 9.47 Å². The number of aromatic nitrogens is 3. The Labute approximate surface area is 247 Å². The number of thioether (sulfide) groups is 1. The molecule has 5 nitrogen and oxygen atoms in total. The molecule has 0 saturated carbocycles. The molecule has 1 aliphatic heterocycles. The molecule has 0 bridgehead atoms. The van der Waals surface area contributed by atoms with Gasteiger partial charge in [-0.05, 0) is 79.4 Å². The van der Waals surface area contributed by atoms with Crippen LogP contribution >= 0.6 is 58.2 Å². The lowest BCUT2D eigenvalue weighted by molar-refractivity contribution is 0.197. The third-order valence-corrected chi connectivity index (χ3v) is 8.86. The second-order valence-electron chi connectivity index (χ2n) is 9.15. The SMILES string of the molecule is COc1ccccc1C1CCN(Cc2nnc(SCc3ccc(Cl)cc3Cl)n2-c2ccc(Cl)cc2Cl)CC1. The number of halogens is 4. The summed E-state index contributed by atoms with van der Waals surface area (Å²) in [6.45, 7) is 2.56. The molecule has 3 aromatic carbocycles. The topological polar surface area (TPSA) is 43.2 Å². The maximum atomic E-state index is 6.65. The number of ether oxygens (including phenoxy) is 1. The van der Waals surface area contributed by atoms with Crippen molar-refractivity contribution in [2.24, 2.45) is 0 Å². The van der Waals surface area contributed by atoms with Gasteiger partial charge in [0, 0.05) is 20.8 Å². The molecule has 5 rings (SSSR count). The lowest BCUT2D eigenvalue weighted by Crippen LogP contribution is -2.33. The molecular formula is C28H26Cl4N4OS. The fourth-order valence-corrected chi connectivity index (χ4v) is 6.80. The van der Waals surface area contributed by atoms with Crippen LogP contribution in [0.15, 0.2) is 65.8 Å². The van der Waals surface area contributed by atoms with Crippen molar-refractivity contribution in [1.29, 1.82) is 0 Å². The van der Waals surface area contributed by atoms with E-state index in [-0.39, 0.29) is 0 Å². The first-order chi connectivity index (χ1) is 18.4. The van der Waals surface area contributed by atoms with Gasteiger partial charge in [-0.2, -0.15) is 0 Å². The monoisotopic (exact) mass is 606 g/mol. The van der Waals surface area contributed by atoms with Crippen molar-refractivity contribution in [2.75, 3.05) is 20.2 Å². The Morgan fingerprint density at radius 2 is 1.61 bits per heavy atom. The molecule has 1 saturated heterocycles. The molecule has 0 atom stereocenters. The van der Waals surface area contributed by atoms with E-state index in [1.54, 1.807) is 31.0 Å². The quantitative estimate of drug-likeness (QED) is 0.188. The van der Waals surface area contributed by atoms with Gasteiger partial charge in [-0.25, -0.2) is 0 Å². The fraction of sp³-hybridized carbons (Fsp3) is 0.286. The smallest absolute Gasteiger partial charge is 0.196 e. The summed E-state index contributed by atoms with van der Waals surface area (Å²) in [5.41, 5.74) is 3.05. The van der Waals surface area contributed by atoms with Crippen LogP contribution in [0.5, 0.6) is 5.75 Å². The number of nitrogens with zero attached hydrogens (tertiary/aromatic N) is 4. The summed E-state index contributed by atoms with van der Waals surface area (Å²) in [7, 11) is 1.74. The van der Waals surface area contributed by atoms with E-state index < -0.39 is 0 Å². The van der Waals surface area contributed by atoms with Gasteiger partial charge in [0.05, 0.1) is 24.4 Å². The van der Waals surface area contributed by atoms with Gasteiger partial charge in [0.15, 0.2) is 11.0 Å². The van der Waals surface area contributed by atoms with Crippen molar-refractivity contribution in [3.63, 3.8) is 0 Å². The summed E-state index contributed by atoms with van der Waals surface area (Å²) in [5, 5.41) is 12.2. The summed E-state index contributed by atoms with van der Waals surface area (Å²) in [6, 6.07) is 19.3. The summed E-state index contributed by atoms with van der Waals surface area (Å²) in [4.78, 5) is 2.42. The van der Waals surface area contributed by atoms with Crippen molar-refractivity contribution in [1.82, 2.24) is 19.7 Å². The van der Waals surface area contributed by atoms with Crippen molar-refractivity contribution in [3.05, 3.63) is 97.7 Å². The van der Waals surface area contributed by atoms with E-state index in [0.717, 1.165) is 53.9 Å². The van der Waals surface area contributed by atoms with Crippen molar-refractivity contribution < 1.29 is 4.74 Å². The van der Waals surface area contributed by atoms with Gasteiger partial charge < -0.3 is 4.74 Å². The predicted octanol–water partition coefficient (Wildman–Crippen LogP) is 8.56. The first kappa shape index (κ1) is 27.6. The van der Waals surface area contributed by atoms with Crippen LogP contribution in [-0.4, -0.2) is 39.9 Å². The molecule has 0 N–H and O–H groups in total. The van der Waals surface area contributed by atoms with Gasteiger partial charge in [0.25, 0.3) is 0 Å². The number of rotatable bonds is 8. The highest BCUT2D eigenvalue weighted by Crippen LogP contribution is 2.36. The highest BCUT2D eigenvalue weighted by atomic mass is 35.5. The molecule has 2 heterocycles. The van der Waals surface area contributed by atoms with Crippen molar-refractivity contribution >= 4 is 58.2 Å². The minimum atomic E-state index is 0.473. The van der Waals surface area contributed by atoms with Crippen molar-refractivity contribution in [2.45, 2.75) is 36.2 Å². The van der Waals surface area contributed by atoms with Crippen LogP contribution in [0.1, 0.15) is 35.7 Å². The highest BCUT2D eigenvalue weighted by molar-refractivity contribution is 7.98. The van der Waals surface area contributed by atoms with Gasteiger partial charge >= 0.3 is 0 Å². The average molecular weight is 608 g/mol. The zero-order valence-electron chi connectivity index (χ0n) is 20.7. The molecule has 0 spiro atoms. The Balaban J connectivity index is 1.36. The first-order valence-electron chi connectivity index (χ1n) is 12.2. The van der Waals surface area contributed by atoms with E-state index in [1.165, 1.54) is 5.56 Å². The number of methoxy groups -OCH3 is 1. The summed E-state index contributed by atoms with van der Waals surface area (Å²) in [6.07, 6.45) is 2.10. The van der Waals surface area contributed by atoms with Crippen LogP contribution in [0.3, 0.4) is 0 Å². The van der Waals surface area contributed by atoms with Gasteiger partial charge in [-0.15, -0.1) is 10.2 Å². The average Bonchev–Trinajstić information content (AvgIpc) is 3.30. The fourth-order valence-electron chi connectivity index (χ4n) is 4.79. The molecule has 10 heteroatoms. The first-order valence-corrected chi connectivity index (χ1v) is 14.7. The van der Waals surface area contributed by atoms with E-state index in [4.69, 9.17) is 51.1 Å². The number of hydrogen-bond donors (Lipinski definition) is 0. The third kappa shape index (κ3) is 6.27. The Morgan fingerprint density at radius 3 is 2.32 bits per heavy atom. The Hall–Kier alpha value is -1.93. The van der Waals surface area contributed by atoms with E-state index in [0.29, 0.717) is 38.3 Å². The molecule has 1 fully saturated rings. The Morgan fingerprint density at radius 1 is 0.895 bits per heavy atom. The molecule has 0 unspecified atom stereocenters. The maximum absolute atomic E-state index is 6.65. The largest absolute Gasteiger partial charge is 0.496 e. The molecular weight excluding hydrogens is 582 g/mol. The number of benzene rings is 3. The van der Waals surface area contributed by atoms with E-state index in [1.807, 2.05) is 41.0 Å². The second-order valence-corrected chi connectivity index (χ2v) is 11.8. The van der Waals surface area contributed by atoms with Crippen LogP contribution in [-0.2, 0) is 12.3 Å². The highest BCUT2D eigenvalue weighted by Gasteiger charge is 2.25. The normalized spacial score (nSPS) is 14.7. The van der Waals surface area contributed by atoms with Gasteiger partial charge in [0.2, 0.25) is 0 Å². The van der Waals surface area contributed by atoms with E-state index in [9.17, 15) is 0 Å². The third-order valence-electron chi connectivity index (χ3n) is 6.75. The Bertz CT molecular complexity index is 1420. The van der Waals surface area contributed by atoms with Gasteiger partial charge in [0.1, 0.15) is 5.75 Å². The number of para-hydroxylation sites is 1. The number of piperidine rings is 1. The molecule has 1 aromatic heterocycles. The van der Waals surface area contributed by atoms with Crippen LogP contribution in [0.4, 0.5) is 0 Å². The molecule has 4 aromatic rings. The number of likely N-dealkylation sites (tertiary alicyclic amines) is 1. The summed E-state index contributed by atoms with van der Waals surface area (Å²) in [5.74, 6) is 2.88. The number of hydrogen-bond acceptors (Lipinski definition) is 5. The molecule has 1 aliphatic rings. The summed E-state index contributed by atoms with van der Waals surface area (Å²) < 4.78 is 7.63. The molecule has 0 amide bonds. The Kier molecular flexibility index (Phi) is 9.09. The van der Waals surface area contributed by atoms with Crippen LogP contribution < -0.4 is 4.74 Å². The van der Waals surface area contributed by atoms with E-state index in [2.05, 4.69) is 27.2 Å². The molecule has 0 radical (unpaired) electrons. The second kappa shape index (κ2) is 12.5. The minimum Gasteiger partial charge on any atom is -0.496 e. The lowest BCUT2D eigenvalue weighted by Gasteiger charge is -2.32. The molecule has 198 valence electrons. The predicted molar refractivity (Wildman–Crippen MR) is 158 cm³/mol. The van der Waals surface area contributed by atoms with Gasteiger partial charge in [-0.1, -0.05) is 82.4 Å². The molecule has 38 heavy (non-hydrogen) atoms.